The van der Waals surface area contributed by atoms with Crippen LogP contribution in [0.2, 0.25) is 0 Å². The van der Waals surface area contributed by atoms with Crippen LogP contribution in [-0.4, -0.2) is 67.8 Å². The van der Waals surface area contributed by atoms with Gasteiger partial charge in [0, 0.05) is 43.9 Å². The van der Waals surface area contributed by atoms with Crippen molar-refractivity contribution in [1.29, 1.82) is 0 Å². The van der Waals surface area contributed by atoms with Crippen LogP contribution in [0.3, 0.4) is 0 Å². The van der Waals surface area contributed by atoms with Gasteiger partial charge in [-0.1, -0.05) is 18.2 Å². The summed E-state index contributed by atoms with van der Waals surface area (Å²) in [6.07, 6.45) is 0.865. The van der Waals surface area contributed by atoms with Gasteiger partial charge in [0.05, 0.1) is 5.56 Å². The van der Waals surface area contributed by atoms with Crippen LogP contribution in [-0.2, 0) is 0 Å². The number of carbonyl (C=O) groups excluding carboxylic acids is 2. The number of ketones is 1. The SMILES string of the molecule is CN1CCN(CCCNC(=O)c2ccccc2C(=O)c2ccc(F)cc2)CC1. The van der Waals surface area contributed by atoms with Crippen LogP contribution in [0.1, 0.15) is 32.7 Å². The van der Waals surface area contributed by atoms with Crippen molar-refractivity contribution in [2.75, 3.05) is 46.3 Å². The van der Waals surface area contributed by atoms with E-state index in [1.807, 2.05) is 0 Å². The first-order valence-electron chi connectivity index (χ1n) is 9.63. The van der Waals surface area contributed by atoms with Gasteiger partial charge in [-0.15, -0.1) is 0 Å². The van der Waals surface area contributed by atoms with Crippen LogP contribution in [0.15, 0.2) is 48.5 Å². The molecule has 1 amide bonds. The average molecular weight is 383 g/mol. The summed E-state index contributed by atoms with van der Waals surface area (Å²) < 4.78 is 13.1. The normalized spacial score (nSPS) is 15.4. The fraction of sp³-hybridized carbons (Fsp3) is 0.364. The minimum atomic E-state index is -0.400. The summed E-state index contributed by atoms with van der Waals surface area (Å²) in [6, 6.07) is 12.1. The molecule has 3 rings (SSSR count). The van der Waals surface area contributed by atoms with Crippen LogP contribution >= 0.6 is 0 Å². The van der Waals surface area contributed by atoms with Crippen molar-refractivity contribution in [2.24, 2.45) is 0 Å². The highest BCUT2D eigenvalue weighted by Crippen LogP contribution is 2.15. The third-order valence-electron chi connectivity index (χ3n) is 5.06. The Morgan fingerprint density at radius 1 is 0.964 bits per heavy atom. The molecule has 2 aromatic carbocycles. The van der Waals surface area contributed by atoms with Gasteiger partial charge in [-0.3, -0.25) is 9.59 Å². The Kier molecular flexibility index (Phi) is 6.90. The molecule has 6 heteroatoms. The minimum absolute atomic E-state index is 0.260. The van der Waals surface area contributed by atoms with Gasteiger partial charge in [-0.05, 0) is 50.3 Å². The summed E-state index contributed by atoms with van der Waals surface area (Å²) in [7, 11) is 2.13. The molecular weight excluding hydrogens is 357 g/mol. The van der Waals surface area contributed by atoms with Crippen molar-refractivity contribution in [3.63, 3.8) is 0 Å². The quantitative estimate of drug-likeness (QED) is 0.589. The minimum Gasteiger partial charge on any atom is -0.352 e. The molecule has 0 unspecified atom stereocenters. The maximum absolute atomic E-state index is 13.1. The molecule has 1 heterocycles. The van der Waals surface area contributed by atoms with E-state index in [9.17, 15) is 14.0 Å². The maximum atomic E-state index is 13.1. The number of hydrogen-bond donors (Lipinski definition) is 1. The second-order valence-electron chi connectivity index (χ2n) is 7.14. The Hall–Kier alpha value is -2.57. The molecule has 1 saturated heterocycles. The van der Waals surface area contributed by atoms with Crippen molar-refractivity contribution in [3.05, 3.63) is 71.0 Å². The fourth-order valence-corrected chi connectivity index (χ4v) is 3.31. The summed E-state index contributed by atoms with van der Waals surface area (Å²) in [5, 5.41) is 2.91. The molecule has 0 saturated carbocycles. The molecule has 1 fully saturated rings. The van der Waals surface area contributed by atoms with Crippen LogP contribution in [0.5, 0.6) is 0 Å². The molecule has 28 heavy (non-hydrogen) atoms. The molecule has 148 valence electrons. The number of piperazine rings is 1. The van der Waals surface area contributed by atoms with Crippen molar-refractivity contribution < 1.29 is 14.0 Å². The first-order valence-corrected chi connectivity index (χ1v) is 9.63. The average Bonchev–Trinajstić information content (AvgIpc) is 2.72. The monoisotopic (exact) mass is 383 g/mol. The third-order valence-corrected chi connectivity index (χ3v) is 5.06. The summed E-state index contributed by atoms with van der Waals surface area (Å²) in [5.41, 5.74) is 1.03. The second kappa shape index (κ2) is 9.57. The van der Waals surface area contributed by atoms with Crippen LogP contribution in [0.25, 0.3) is 0 Å². The molecule has 0 radical (unpaired) electrons. The van der Waals surface area contributed by atoms with Crippen molar-refractivity contribution in [2.45, 2.75) is 6.42 Å². The van der Waals surface area contributed by atoms with E-state index in [2.05, 4.69) is 22.2 Å². The topological polar surface area (TPSA) is 52.6 Å². The summed E-state index contributed by atoms with van der Waals surface area (Å²) in [4.78, 5) is 30.1. The molecule has 1 aliphatic rings. The smallest absolute Gasteiger partial charge is 0.252 e. The van der Waals surface area contributed by atoms with Crippen LogP contribution < -0.4 is 5.32 Å². The highest BCUT2D eigenvalue weighted by molar-refractivity contribution is 6.15. The van der Waals surface area contributed by atoms with E-state index in [4.69, 9.17) is 0 Å². The van der Waals surface area contributed by atoms with Crippen molar-refractivity contribution in [3.8, 4) is 0 Å². The second-order valence-corrected chi connectivity index (χ2v) is 7.14. The van der Waals surface area contributed by atoms with E-state index >= 15 is 0 Å². The molecule has 0 aromatic heterocycles. The van der Waals surface area contributed by atoms with Gasteiger partial charge >= 0.3 is 0 Å². The Balaban J connectivity index is 1.56. The summed E-state index contributed by atoms with van der Waals surface area (Å²) >= 11 is 0. The van der Waals surface area contributed by atoms with E-state index in [0.717, 1.165) is 39.1 Å². The molecule has 0 spiro atoms. The summed E-state index contributed by atoms with van der Waals surface area (Å²) in [5.74, 6) is -0.949. The van der Waals surface area contributed by atoms with Crippen molar-refractivity contribution >= 4 is 11.7 Å². The van der Waals surface area contributed by atoms with E-state index in [1.54, 1.807) is 24.3 Å². The zero-order chi connectivity index (χ0) is 19.9. The predicted octanol–water partition coefficient (Wildman–Crippen LogP) is 2.42. The summed E-state index contributed by atoms with van der Waals surface area (Å²) in [6.45, 7) is 5.77. The maximum Gasteiger partial charge on any atom is 0.252 e. The molecule has 2 aromatic rings. The lowest BCUT2D eigenvalue weighted by Crippen LogP contribution is -2.45. The Morgan fingerprint density at radius 2 is 1.61 bits per heavy atom. The first kappa shape index (κ1) is 20.2. The molecule has 1 N–H and O–H groups in total. The van der Waals surface area contributed by atoms with E-state index in [1.165, 1.54) is 24.3 Å². The molecule has 0 aliphatic carbocycles. The van der Waals surface area contributed by atoms with Crippen LogP contribution in [0, 0.1) is 5.82 Å². The molecular formula is C22H26FN3O2. The largest absolute Gasteiger partial charge is 0.352 e. The number of halogens is 1. The number of likely N-dealkylation sites (N-methyl/N-ethyl adjacent to an activating group) is 1. The number of amides is 1. The Labute approximate surface area is 165 Å². The highest BCUT2D eigenvalue weighted by Gasteiger charge is 2.18. The third kappa shape index (κ3) is 5.24. The number of carbonyl (C=O) groups is 2. The van der Waals surface area contributed by atoms with Gasteiger partial charge in [-0.2, -0.15) is 0 Å². The van der Waals surface area contributed by atoms with Gasteiger partial charge in [0.15, 0.2) is 5.78 Å². The number of nitrogens with one attached hydrogen (secondary N) is 1. The first-order chi connectivity index (χ1) is 13.5. The lowest BCUT2D eigenvalue weighted by atomic mass is 9.98. The predicted molar refractivity (Wildman–Crippen MR) is 107 cm³/mol. The number of rotatable bonds is 7. The van der Waals surface area contributed by atoms with Crippen LogP contribution in [0.4, 0.5) is 4.39 Å². The molecule has 5 nitrogen and oxygen atoms in total. The van der Waals surface area contributed by atoms with Crippen molar-refractivity contribution in [1.82, 2.24) is 15.1 Å². The molecule has 0 atom stereocenters. The van der Waals surface area contributed by atoms with Gasteiger partial charge < -0.3 is 15.1 Å². The Bertz CT molecular complexity index is 815. The van der Waals surface area contributed by atoms with E-state index < -0.39 is 5.82 Å². The fourth-order valence-electron chi connectivity index (χ4n) is 3.31. The zero-order valence-electron chi connectivity index (χ0n) is 16.2. The highest BCUT2D eigenvalue weighted by atomic mass is 19.1. The number of benzene rings is 2. The molecule has 1 aliphatic heterocycles. The van der Waals surface area contributed by atoms with E-state index in [0.29, 0.717) is 23.2 Å². The van der Waals surface area contributed by atoms with Gasteiger partial charge in [0.25, 0.3) is 5.91 Å². The molecule has 0 bridgehead atoms. The number of nitrogens with zero attached hydrogens (tertiary/aromatic N) is 2. The number of hydrogen-bond acceptors (Lipinski definition) is 4. The zero-order valence-corrected chi connectivity index (χ0v) is 16.2. The van der Waals surface area contributed by atoms with E-state index in [-0.39, 0.29) is 11.7 Å². The Morgan fingerprint density at radius 3 is 2.29 bits per heavy atom. The standard InChI is InChI=1S/C22H26FN3O2/c1-25-13-15-26(16-14-25)12-4-11-24-22(28)20-6-3-2-5-19(20)21(27)17-7-9-18(23)10-8-17/h2-3,5-10H,4,11-16H2,1H3,(H,24,28). The lowest BCUT2D eigenvalue weighted by Gasteiger charge is -2.32. The van der Waals surface area contributed by atoms with Gasteiger partial charge in [0.2, 0.25) is 0 Å². The van der Waals surface area contributed by atoms with Gasteiger partial charge in [-0.25, -0.2) is 4.39 Å². The lowest BCUT2D eigenvalue weighted by molar-refractivity contribution is 0.0938. The van der Waals surface area contributed by atoms with Gasteiger partial charge in [0.1, 0.15) is 5.82 Å².